The lowest BCUT2D eigenvalue weighted by Gasteiger charge is -2.17. The van der Waals surface area contributed by atoms with Crippen molar-refractivity contribution >= 4 is 11.6 Å². The Morgan fingerprint density at radius 3 is 2.29 bits per heavy atom. The summed E-state index contributed by atoms with van der Waals surface area (Å²) in [6, 6.07) is 7.71. The molecule has 2 aromatic rings. The maximum atomic E-state index is 13.7. The van der Waals surface area contributed by atoms with Crippen LogP contribution in [0.1, 0.15) is 22.7 Å². The smallest absolute Gasteiger partial charge is 0.162 e. The van der Waals surface area contributed by atoms with Crippen molar-refractivity contribution in [2.45, 2.75) is 13.0 Å². The van der Waals surface area contributed by atoms with Crippen LogP contribution in [0.3, 0.4) is 0 Å². The lowest BCUT2D eigenvalue weighted by molar-refractivity contribution is 0.354. The number of halogens is 2. The standard InChI is InChI=1S/C16H17ClFNO2/c1-9-4-5-10(6-13(9)18)16(19)11-7-14(20-2)15(21-3)8-12(11)17/h4-8,16H,19H2,1-3H3. The highest BCUT2D eigenvalue weighted by molar-refractivity contribution is 6.31. The summed E-state index contributed by atoms with van der Waals surface area (Å²) in [5.74, 6) is 0.757. The van der Waals surface area contributed by atoms with Crippen LogP contribution in [0.25, 0.3) is 0 Å². The molecule has 2 N–H and O–H groups in total. The Hall–Kier alpha value is -1.78. The minimum Gasteiger partial charge on any atom is -0.493 e. The predicted molar refractivity (Wildman–Crippen MR) is 81.7 cm³/mol. The normalized spacial score (nSPS) is 12.1. The summed E-state index contributed by atoms with van der Waals surface area (Å²) in [6.45, 7) is 1.70. The molecule has 0 saturated carbocycles. The average Bonchev–Trinajstić information content (AvgIpc) is 2.49. The highest BCUT2D eigenvalue weighted by Gasteiger charge is 2.17. The molecule has 0 aliphatic rings. The highest BCUT2D eigenvalue weighted by atomic mass is 35.5. The Balaban J connectivity index is 2.47. The number of aryl methyl sites for hydroxylation is 1. The molecule has 0 bridgehead atoms. The Labute approximate surface area is 128 Å². The second-order valence-corrected chi connectivity index (χ2v) is 5.12. The molecule has 0 amide bonds. The molecule has 0 aromatic heterocycles. The van der Waals surface area contributed by atoms with Crippen molar-refractivity contribution < 1.29 is 13.9 Å². The van der Waals surface area contributed by atoms with E-state index < -0.39 is 6.04 Å². The van der Waals surface area contributed by atoms with E-state index >= 15 is 0 Å². The van der Waals surface area contributed by atoms with E-state index in [-0.39, 0.29) is 5.82 Å². The van der Waals surface area contributed by atoms with Crippen LogP contribution in [0.15, 0.2) is 30.3 Å². The molecule has 5 heteroatoms. The van der Waals surface area contributed by atoms with Gasteiger partial charge in [-0.3, -0.25) is 0 Å². The van der Waals surface area contributed by atoms with Crippen LogP contribution in [-0.4, -0.2) is 14.2 Å². The fraction of sp³-hybridized carbons (Fsp3) is 0.250. The molecule has 1 unspecified atom stereocenters. The monoisotopic (exact) mass is 309 g/mol. The Bertz CT molecular complexity index is 661. The lowest BCUT2D eigenvalue weighted by atomic mass is 9.98. The van der Waals surface area contributed by atoms with Crippen molar-refractivity contribution in [3.05, 3.63) is 57.9 Å². The van der Waals surface area contributed by atoms with Crippen LogP contribution in [0, 0.1) is 12.7 Å². The molecule has 2 aromatic carbocycles. The fourth-order valence-corrected chi connectivity index (χ4v) is 2.36. The van der Waals surface area contributed by atoms with Crippen molar-refractivity contribution in [2.24, 2.45) is 5.73 Å². The quantitative estimate of drug-likeness (QED) is 0.933. The van der Waals surface area contributed by atoms with Gasteiger partial charge in [-0.15, -0.1) is 0 Å². The van der Waals surface area contributed by atoms with Crippen LogP contribution in [0.4, 0.5) is 4.39 Å². The largest absolute Gasteiger partial charge is 0.493 e. The zero-order valence-corrected chi connectivity index (χ0v) is 12.9. The molecule has 0 heterocycles. The summed E-state index contributed by atoms with van der Waals surface area (Å²) in [5, 5.41) is 0.445. The number of nitrogens with two attached hydrogens (primary N) is 1. The summed E-state index contributed by atoms with van der Waals surface area (Å²) in [4.78, 5) is 0. The third kappa shape index (κ3) is 3.12. The zero-order valence-electron chi connectivity index (χ0n) is 12.1. The first-order valence-corrected chi connectivity index (χ1v) is 6.78. The van der Waals surface area contributed by atoms with Crippen molar-refractivity contribution in [3.8, 4) is 11.5 Å². The summed E-state index contributed by atoms with van der Waals surface area (Å²) < 4.78 is 24.1. The van der Waals surface area contributed by atoms with Crippen LogP contribution in [0.5, 0.6) is 11.5 Å². The van der Waals surface area contributed by atoms with Gasteiger partial charge >= 0.3 is 0 Å². The Kier molecular flexibility index (Phi) is 4.70. The molecule has 0 spiro atoms. The van der Waals surface area contributed by atoms with E-state index in [1.165, 1.54) is 20.3 Å². The van der Waals surface area contributed by atoms with Gasteiger partial charge in [0.05, 0.1) is 20.3 Å². The fourth-order valence-electron chi connectivity index (χ4n) is 2.09. The first-order valence-electron chi connectivity index (χ1n) is 6.41. The zero-order chi connectivity index (χ0) is 15.6. The molecule has 1 atom stereocenters. The van der Waals surface area contributed by atoms with Crippen molar-refractivity contribution in [1.29, 1.82) is 0 Å². The third-order valence-corrected chi connectivity index (χ3v) is 3.72. The second kappa shape index (κ2) is 6.33. The number of hydrogen-bond acceptors (Lipinski definition) is 3. The summed E-state index contributed by atoms with van der Waals surface area (Å²) in [6.07, 6.45) is 0. The van der Waals surface area contributed by atoms with E-state index in [2.05, 4.69) is 0 Å². The lowest BCUT2D eigenvalue weighted by Crippen LogP contribution is -2.13. The van der Waals surface area contributed by atoms with Gasteiger partial charge in [0.2, 0.25) is 0 Å². The minimum absolute atomic E-state index is 0.292. The number of rotatable bonds is 4. The number of benzene rings is 2. The van der Waals surface area contributed by atoms with Crippen LogP contribution in [-0.2, 0) is 0 Å². The molecule has 0 fully saturated rings. The summed E-state index contributed by atoms with van der Waals surface area (Å²) >= 11 is 6.24. The summed E-state index contributed by atoms with van der Waals surface area (Å²) in [7, 11) is 3.07. The molecule has 3 nitrogen and oxygen atoms in total. The van der Waals surface area contributed by atoms with E-state index in [1.807, 2.05) is 0 Å². The van der Waals surface area contributed by atoms with Gasteiger partial charge in [-0.25, -0.2) is 4.39 Å². The SMILES string of the molecule is COc1cc(Cl)c(C(N)c2ccc(C)c(F)c2)cc1OC. The molecule has 0 saturated heterocycles. The highest BCUT2D eigenvalue weighted by Crippen LogP contribution is 2.37. The topological polar surface area (TPSA) is 44.5 Å². The molecular weight excluding hydrogens is 293 g/mol. The van der Waals surface area contributed by atoms with Gasteiger partial charge in [-0.05, 0) is 35.7 Å². The third-order valence-electron chi connectivity index (χ3n) is 3.39. The molecule has 2 rings (SSSR count). The maximum Gasteiger partial charge on any atom is 0.162 e. The Morgan fingerprint density at radius 2 is 1.71 bits per heavy atom. The van der Waals surface area contributed by atoms with E-state index in [0.717, 1.165) is 0 Å². The van der Waals surface area contributed by atoms with Crippen molar-refractivity contribution in [1.82, 2.24) is 0 Å². The van der Waals surface area contributed by atoms with Crippen LogP contribution >= 0.6 is 11.6 Å². The van der Waals surface area contributed by atoms with Crippen molar-refractivity contribution in [2.75, 3.05) is 14.2 Å². The van der Waals surface area contributed by atoms with Crippen molar-refractivity contribution in [3.63, 3.8) is 0 Å². The van der Waals surface area contributed by atoms with Gasteiger partial charge < -0.3 is 15.2 Å². The number of ether oxygens (including phenoxy) is 2. The van der Waals surface area contributed by atoms with Crippen LogP contribution < -0.4 is 15.2 Å². The molecule has 112 valence electrons. The second-order valence-electron chi connectivity index (χ2n) is 4.71. The van der Waals surface area contributed by atoms with Gasteiger partial charge in [0, 0.05) is 11.1 Å². The molecule has 0 radical (unpaired) electrons. The van der Waals surface area contributed by atoms with Gasteiger partial charge in [0.15, 0.2) is 11.5 Å². The van der Waals surface area contributed by atoms with E-state index in [9.17, 15) is 4.39 Å². The summed E-state index contributed by atoms with van der Waals surface area (Å²) in [5.41, 5.74) is 8.07. The molecular formula is C16H17ClFNO2. The minimum atomic E-state index is -0.549. The predicted octanol–water partition coefficient (Wildman–Crippen LogP) is 3.85. The molecule has 21 heavy (non-hydrogen) atoms. The molecule has 0 aliphatic heterocycles. The van der Waals surface area contributed by atoms with Gasteiger partial charge in [-0.2, -0.15) is 0 Å². The van der Waals surface area contributed by atoms with E-state index in [4.69, 9.17) is 26.8 Å². The van der Waals surface area contributed by atoms with Gasteiger partial charge in [0.1, 0.15) is 5.82 Å². The Morgan fingerprint density at radius 1 is 1.10 bits per heavy atom. The molecule has 0 aliphatic carbocycles. The van der Waals surface area contributed by atoms with Gasteiger partial charge in [0.25, 0.3) is 0 Å². The van der Waals surface area contributed by atoms with E-state index in [0.29, 0.717) is 33.2 Å². The van der Waals surface area contributed by atoms with E-state index in [1.54, 1.807) is 31.2 Å². The first kappa shape index (κ1) is 15.6. The maximum absolute atomic E-state index is 13.7. The van der Waals surface area contributed by atoms with Crippen LogP contribution in [0.2, 0.25) is 5.02 Å². The average molecular weight is 310 g/mol. The number of hydrogen-bond donors (Lipinski definition) is 1. The van der Waals surface area contributed by atoms with Gasteiger partial charge in [-0.1, -0.05) is 23.7 Å². The number of methoxy groups -OCH3 is 2. The first-order chi connectivity index (χ1) is 9.97.